The van der Waals surface area contributed by atoms with Crippen molar-refractivity contribution in [3.05, 3.63) is 81.8 Å². The first-order valence-electron chi connectivity index (χ1n) is 7.55. The van der Waals surface area contributed by atoms with E-state index < -0.39 is 0 Å². The molecule has 0 amide bonds. The first-order valence-corrected chi connectivity index (χ1v) is 8.31. The Hall–Kier alpha value is -2.82. The Morgan fingerprint density at radius 3 is 1.46 bits per heavy atom. The number of para-hydroxylation sites is 2. The fourth-order valence-electron chi connectivity index (χ4n) is 2.25. The average molecular weight is 387 g/mol. The summed E-state index contributed by atoms with van der Waals surface area (Å²) in [6, 6.07) is 16.5. The second-order valence-electron chi connectivity index (χ2n) is 5.23. The molecule has 3 aromatic carbocycles. The molecule has 0 unspecified atom stereocenters. The molecule has 0 atom stereocenters. The van der Waals surface area contributed by atoms with E-state index in [1.807, 2.05) is 0 Å². The van der Waals surface area contributed by atoms with Crippen molar-refractivity contribution in [2.45, 2.75) is 0 Å². The van der Waals surface area contributed by atoms with Gasteiger partial charge in [0.05, 0.1) is 21.2 Å². The molecule has 4 nitrogen and oxygen atoms in total. The zero-order valence-electron chi connectivity index (χ0n) is 13.3. The lowest BCUT2D eigenvalue weighted by molar-refractivity contribution is 0.111. The van der Waals surface area contributed by atoms with Gasteiger partial charge in [-0.2, -0.15) is 0 Å². The second-order valence-corrected chi connectivity index (χ2v) is 6.04. The largest absolute Gasteiger partial charge is 0.455 e. The normalized spacial score (nSPS) is 10.2. The van der Waals surface area contributed by atoms with E-state index in [1.165, 1.54) is 12.1 Å². The molecular formula is C20H12Cl2O4. The first-order chi connectivity index (χ1) is 12.6. The summed E-state index contributed by atoms with van der Waals surface area (Å²) in [6.45, 7) is 0. The quantitative estimate of drug-likeness (QED) is 0.473. The lowest BCUT2D eigenvalue weighted by atomic mass is 10.2. The Bertz CT molecular complexity index is 895. The van der Waals surface area contributed by atoms with Crippen LogP contribution < -0.4 is 9.47 Å². The standard InChI is InChI=1S/C20H12Cl2O4/c21-15-9-16(22)20(26-18-8-4-2-6-14(18)12-24)10-19(15)25-17-7-3-1-5-13(17)11-23/h1-12H. The summed E-state index contributed by atoms with van der Waals surface area (Å²) in [5, 5.41) is 0.512. The third kappa shape index (κ3) is 3.87. The van der Waals surface area contributed by atoms with Crippen LogP contribution >= 0.6 is 23.2 Å². The summed E-state index contributed by atoms with van der Waals surface area (Å²) < 4.78 is 11.5. The molecule has 0 saturated heterocycles. The first kappa shape index (κ1) is 18.0. The monoisotopic (exact) mass is 386 g/mol. The molecule has 0 N–H and O–H groups in total. The van der Waals surface area contributed by atoms with Crippen molar-refractivity contribution in [2.24, 2.45) is 0 Å². The summed E-state index contributed by atoms with van der Waals surface area (Å²) in [5.41, 5.74) is 0.763. The molecular weight excluding hydrogens is 375 g/mol. The highest BCUT2D eigenvalue weighted by molar-refractivity contribution is 6.36. The van der Waals surface area contributed by atoms with Crippen molar-refractivity contribution >= 4 is 35.8 Å². The van der Waals surface area contributed by atoms with Gasteiger partial charge < -0.3 is 9.47 Å². The van der Waals surface area contributed by atoms with Crippen molar-refractivity contribution in [2.75, 3.05) is 0 Å². The molecule has 0 bridgehead atoms. The topological polar surface area (TPSA) is 52.6 Å². The SMILES string of the molecule is O=Cc1ccccc1Oc1cc(Oc2ccccc2C=O)c(Cl)cc1Cl. The minimum atomic E-state index is 0.256. The Balaban J connectivity index is 1.97. The van der Waals surface area contributed by atoms with Gasteiger partial charge in [0.1, 0.15) is 23.0 Å². The van der Waals surface area contributed by atoms with Crippen LogP contribution in [0.4, 0.5) is 0 Å². The maximum Gasteiger partial charge on any atom is 0.153 e. The Morgan fingerprint density at radius 1 is 0.615 bits per heavy atom. The van der Waals surface area contributed by atoms with Gasteiger partial charge in [0.25, 0.3) is 0 Å². The number of carbonyl (C=O) groups is 2. The number of rotatable bonds is 6. The zero-order valence-corrected chi connectivity index (χ0v) is 14.8. The summed E-state index contributed by atoms with van der Waals surface area (Å²) in [7, 11) is 0. The van der Waals surface area contributed by atoms with E-state index in [4.69, 9.17) is 32.7 Å². The highest BCUT2D eigenvalue weighted by atomic mass is 35.5. The van der Waals surface area contributed by atoms with Gasteiger partial charge in [0.2, 0.25) is 0 Å². The van der Waals surface area contributed by atoms with Crippen LogP contribution in [0.2, 0.25) is 10.0 Å². The molecule has 0 aliphatic rings. The smallest absolute Gasteiger partial charge is 0.153 e. The Morgan fingerprint density at radius 2 is 1.04 bits per heavy atom. The number of hydrogen-bond donors (Lipinski definition) is 0. The third-order valence-electron chi connectivity index (χ3n) is 3.52. The maximum atomic E-state index is 11.1. The molecule has 0 aliphatic carbocycles. The van der Waals surface area contributed by atoms with Gasteiger partial charge >= 0.3 is 0 Å². The Labute approximate surface area is 159 Å². The lowest BCUT2D eigenvalue weighted by Gasteiger charge is -2.14. The molecule has 0 spiro atoms. The number of ether oxygens (including phenoxy) is 2. The van der Waals surface area contributed by atoms with E-state index in [0.29, 0.717) is 35.2 Å². The number of carbonyl (C=O) groups excluding carboxylic acids is 2. The minimum absolute atomic E-state index is 0.256. The third-order valence-corrected chi connectivity index (χ3v) is 4.11. The molecule has 0 aromatic heterocycles. The minimum Gasteiger partial charge on any atom is -0.455 e. The van der Waals surface area contributed by atoms with E-state index in [-0.39, 0.29) is 21.5 Å². The van der Waals surface area contributed by atoms with Crippen LogP contribution in [0, 0.1) is 0 Å². The molecule has 130 valence electrons. The van der Waals surface area contributed by atoms with Gasteiger partial charge in [-0.3, -0.25) is 9.59 Å². The van der Waals surface area contributed by atoms with Crippen LogP contribution in [0.15, 0.2) is 60.7 Å². The van der Waals surface area contributed by atoms with Crippen LogP contribution in [0.1, 0.15) is 20.7 Å². The van der Waals surface area contributed by atoms with Gasteiger partial charge in [-0.05, 0) is 30.3 Å². The average Bonchev–Trinajstić information content (AvgIpc) is 2.66. The molecule has 0 aliphatic heterocycles. The molecule has 0 heterocycles. The van der Waals surface area contributed by atoms with Crippen LogP contribution in [-0.2, 0) is 0 Å². The number of hydrogen-bond acceptors (Lipinski definition) is 4. The van der Waals surface area contributed by atoms with Crippen molar-refractivity contribution < 1.29 is 19.1 Å². The predicted molar refractivity (Wildman–Crippen MR) is 100 cm³/mol. The summed E-state index contributed by atoms with van der Waals surface area (Å²) in [4.78, 5) is 22.3. The van der Waals surface area contributed by atoms with Gasteiger partial charge in [0, 0.05) is 6.07 Å². The maximum absolute atomic E-state index is 11.1. The molecule has 3 aromatic rings. The number of aldehydes is 2. The van der Waals surface area contributed by atoms with Crippen LogP contribution in [0.25, 0.3) is 0 Å². The predicted octanol–water partition coefficient (Wildman–Crippen LogP) is 6.20. The van der Waals surface area contributed by atoms with Crippen molar-refractivity contribution in [1.29, 1.82) is 0 Å². The van der Waals surface area contributed by atoms with Crippen molar-refractivity contribution in [1.82, 2.24) is 0 Å². The van der Waals surface area contributed by atoms with E-state index >= 15 is 0 Å². The van der Waals surface area contributed by atoms with Crippen molar-refractivity contribution in [3.8, 4) is 23.0 Å². The summed E-state index contributed by atoms with van der Waals surface area (Å²) >= 11 is 12.4. The van der Waals surface area contributed by atoms with Crippen LogP contribution in [0.3, 0.4) is 0 Å². The van der Waals surface area contributed by atoms with E-state index in [2.05, 4.69) is 0 Å². The number of halogens is 2. The van der Waals surface area contributed by atoms with Gasteiger partial charge in [-0.25, -0.2) is 0 Å². The highest BCUT2D eigenvalue weighted by Gasteiger charge is 2.14. The van der Waals surface area contributed by atoms with Crippen LogP contribution in [-0.4, -0.2) is 12.6 Å². The van der Waals surface area contributed by atoms with Crippen molar-refractivity contribution in [3.63, 3.8) is 0 Å². The summed E-state index contributed by atoms with van der Waals surface area (Å²) in [6.07, 6.45) is 1.38. The van der Waals surface area contributed by atoms with Gasteiger partial charge in [-0.15, -0.1) is 0 Å². The van der Waals surface area contributed by atoms with Gasteiger partial charge in [-0.1, -0.05) is 47.5 Å². The molecule has 26 heavy (non-hydrogen) atoms. The molecule has 0 saturated carbocycles. The fraction of sp³-hybridized carbons (Fsp3) is 0. The highest BCUT2D eigenvalue weighted by Crippen LogP contribution is 2.40. The Kier molecular flexibility index (Phi) is 5.56. The number of benzene rings is 3. The van der Waals surface area contributed by atoms with Crippen LogP contribution in [0.5, 0.6) is 23.0 Å². The fourth-order valence-corrected chi connectivity index (χ4v) is 2.71. The van der Waals surface area contributed by atoms with E-state index in [9.17, 15) is 9.59 Å². The van der Waals surface area contributed by atoms with Gasteiger partial charge in [0.15, 0.2) is 12.6 Å². The molecule has 3 rings (SSSR count). The second kappa shape index (κ2) is 8.04. The van der Waals surface area contributed by atoms with E-state index in [1.54, 1.807) is 48.5 Å². The molecule has 6 heteroatoms. The van der Waals surface area contributed by atoms with E-state index in [0.717, 1.165) is 0 Å². The summed E-state index contributed by atoms with van der Waals surface area (Å²) in [5.74, 6) is 1.24. The zero-order chi connectivity index (χ0) is 18.5. The lowest BCUT2D eigenvalue weighted by Crippen LogP contribution is -1.94. The molecule has 0 radical (unpaired) electrons. The molecule has 0 fully saturated rings.